The molecule has 6 rings (SSSR count). The number of nitrogens with one attached hydrogen (secondary N) is 6. The summed E-state index contributed by atoms with van der Waals surface area (Å²) in [5, 5.41) is 22.3. The molecule has 0 amide bonds. The summed E-state index contributed by atoms with van der Waals surface area (Å²) in [6.45, 7) is 9.72. The van der Waals surface area contributed by atoms with Crippen LogP contribution in [-0.2, 0) is 26.2 Å². The van der Waals surface area contributed by atoms with Crippen LogP contribution in [0.1, 0.15) is 81.6 Å². The minimum Gasteiger partial charge on any atom is -0.387 e. The second-order valence-corrected chi connectivity index (χ2v) is 14.0. The Morgan fingerprint density at radius 1 is 0.688 bits per heavy atom. The van der Waals surface area contributed by atoms with Crippen LogP contribution in [0.3, 0.4) is 0 Å². The Morgan fingerprint density at radius 2 is 1.35 bits per heavy atom. The predicted octanol–water partition coefficient (Wildman–Crippen LogP) is 3.91. The van der Waals surface area contributed by atoms with Crippen molar-refractivity contribution >= 4 is 11.9 Å². The molecule has 4 bridgehead atoms. The van der Waals surface area contributed by atoms with E-state index in [2.05, 4.69) is 100 Å². The van der Waals surface area contributed by atoms with Crippen molar-refractivity contribution < 1.29 is 0 Å². The zero-order chi connectivity index (χ0) is 33.0. The predicted molar refractivity (Wildman–Crippen MR) is 196 cm³/mol. The van der Waals surface area contributed by atoms with Gasteiger partial charge in [0.05, 0.1) is 35.4 Å². The molecular weight excluding hydrogens is 596 g/mol. The second kappa shape index (κ2) is 17.8. The third-order valence-corrected chi connectivity index (χ3v) is 10.3. The Hall–Kier alpha value is -3.44. The number of hydrogen-bond donors (Lipinski definition) is 6. The van der Waals surface area contributed by atoms with Gasteiger partial charge in [-0.05, 0) is 94.5 Å². The van der Waals surface area contributed by atoms with Crippen LogP contribution in [0.2, 0.25) is 0 Å². The highest BCUT2D eigenvalue weighted by molar-refractivity contribution is 5.93. The Labute approximate surface area is 287 Å². The average molecular weight is 653 g/mol. The SMILES string of the molecule is CC1=NCC(C2CC[C@H]3N=CC=CN[C@@H]4CCCC[C@H]4NCc4cccc(n4)CN[C@@H]3C2)NCc2cccc(n2)CNCCN/C(C)=C\1. The minimum atomic E-state index is 0.213. The lowest BCUT2D eigenvalue weighted by molar-refractivity contribution is 0.208. The maximum absolute atomic E-state index is 5.12. The summed E-state index contributed by atoms with van der Waals surface area (Å²) < 4.78 is 0. The fourth-order valence-electron chi connectivity index (χ4n) is 7.66. The van der Waals surface area contributed by atoms with E-state index in [-0.39, 0.29) is 18.1 Å². The van der Waals surface area contributed by atoms with Crippen LogP contribution in [-0.4, -0.2) is 71.7 Å². The average Bonchev–Trinajstić information content (AvgIpc) is 3.10. The first-order valence-electron chi connectivity index (χ1n) is 18.3. The quantitative estimate of drug-likeness (QED) is 0.274. The van der Waals surface area contributed by atoms with Crippen molar-refractivity contribution in [1.29, 1.82) is 0 Å². The van der Waals surface area contributed by atoms with Crippen molar-refractivity contribution in [3.8, 4) is 0 Å². The van der Waals surface area contributed by atoms with E-state index in [0.29, 0.717) is 18.0 Å². The molecule has 0 spiro atoms. The topological polar surface area (TPSA) is 123 Å². The first-order valence-corrected chi connectivity index (χ1v) is 18.3. The van der Waals surface area contributed by atoms with E-state index in [1.807, 2.05) is 6.21 Å². The van der Waals surface area contributed by atoms with Crippen LogP contribution in [0, 0.1) is 5.92 Å². The van der Waals surface area contributed by atoms with E-state index >= 15 is 0 Å². The second-order valence-electron chi connectivity index (χ2n) is 14.0. The zero-order valence-electron chi connectivity index (χ0n) is 28.9. The van der Waals surface area contributed by atoms with Gasteiger partial charge in [-0.1, -0.05) is 25.0 Å². The molecule has 2 aromatic heterocycles. The summed E-state index contributed by atoms with van der Waals surface area (Å²) in [5.41, 5.74) is 6.53. The molecule has 4 heterocycles. The van der Waals surface area contributed by atoms with Gasteiger partial charge in [0, 0.05) is 81.1 Å². The Balaban J connectivity index is 1.20. The molecule has 0 saturated heterocycles. The number of fused-ring (bicyclic) bond motifs is 6. The van der Waals surface area contributed by atoms with Crippen molar-refractivity contribution in [1.82, 2.24) is 41.9 Å². The van der Waals surface area contributed by atoms with Gasteiger partial charge in [-0.2, -0.15) is 0 Å². The molecule has 6 N–H and O–H groups in total. The molecule has 4 aliphatic rings. The summed E-state index contributed by atoms with van der Waals surface area (Å²) in [5.74, 6) is 0.451. The van der Waals surface area contributed by atoms with Crippen LogP contribution in [0.4, 0.5) is 0 Å². The molecule has 2 unspecified atom stereocenters. The van der Waals surface area contributed by atoms with Gasteiger partial charge in [0.2, 0.25) is 0 Å². The molecule has 10 heteroatoms. The van der Waals surface area contributed by atoms with Gasteiger partial charge in [0.15, 0.2) is 0 Å². The summed E-state index contributed by atoms with van der Waals surface area (Å²) >= 11 is 0. The van der Waals surface area contributed by atoms with Crippen molar-refractivity contribution in [2.45, 2.75) is 115 Å². The van der Waals surface area contributed by atoms with Gasteiger partial charge in [-0.3, -0.25) is 20.0 Å². The lowest BCUT2D eigenvalue weighted by Gasteiger charge is -2.38. The number of aromatic nitrogens is 2. The molecule has 10 nitrogen and oxygen atoms in total. The smallest absolute Gasteiger partial charge is 0.0652 e. The van der Waals surface area contributed by atoms with Crippen LogP contribution in [0.15, 0.2) is 70.4 Å². The normalized spacial score (nSPS) is 30.7. The highest BCUT2D eigenvalue weighted by Gasteiger charge is 2.34. The number of hydrogen-bond acceptors (Lipinski definition) is 10. The lowest BCUT2D eigenvalue weighted by Crippen LogP contribution is -2.49. The third-order valence-electron chi connectivity index (χ3n) is 10.3. The standard InChI is InChI=1S/C38H56N10/c1-27-20-28(2)43-26-38(46-25-33-9-5-8-30(47-33)22-39-18-19-40-27)29-14-15-36-37(21-29)45-24-32-11-6-10-31(48-32)23-44-35-13-4-3-12-34(35)41-16-7-17-42-36/h5-11,16-17,20,29,34-41,44-46H,3-4,12-15,18-19,21-26H2,1-2H3/b16-7?,27-20-,42-17?,43-28?/t29?,34-,35-,36-,37-,38?/m1/s1. The Bertz CT molecular complexity index is 1430. The first kappa shape index (κ1) is 34.4. The van der Waals surface area contributed by atoms with Gasteiger partial charge in [0.25, 0.3) is 0 Å². The number of nitrogens with zero attached hydrogens (tertiary/aromatic N) is 4. The fraction of sp³-hybridized carbons (Fsp3) is 0.579. The molecule has 6 atom stereocenters. The van der Waals surface area contributed by atoms with E-state index in [1.165, 1.54) is 25.7 Å². The van der Waals surface area contributed by atoms with E-state index < -0.39 is 0 Å². The van der Waals surface area contributed by atoms with Crippen molar-refractivity contribution in [3.63, 3.8) is 0 Å². The Morgan fingerprint density at radius 3 is 2.10 bits per heavy atom. The minimum absolute atomic E-state index is 0.213. The van der Waals surface area contributed by atoms with Gasteiger partial charge in [-0.15, -0.1) is 0 Å². The van der Waals surface area contributed by atoms with Crippen molar-refractivity contribution in [2.75, 3.05) is 19.6 Å². The third kappa shape index (κ3) is 10.3. The largest absolute Gasteiger partial charge is 0.387 e. The molecule has 258 valence electrons. The monoisotopic (exact) mass is 652 g/mol. The maximum atomic E-state index is 5.12. The van der Waals surface area contributed by atoms with Crippen LogP contribution >= 0.6 is 0 Å². The lowest BCUT2D eigenvalue weighted by atomic mass is 9.78. The summed E-state index contributed by atoms with van der Waals surface area (Å²) in [7, 11) is 0. The van der Waals surface area contributed by atoms with Crippen LogP contribution in [0.5, 0.6) is 0 Å². The number of rotatable bonds is 1. The summed E-state index contributed by atoms with van der Waals surface area (Å²) in [4.78, 5) is 20.2. The fourth-order valence-corrected chi connectivity index (χ4v) is 7.66. The number of allylic oxidation sites excluding steroid dienone is 3. The van der Waals surface area contributed by atoms with Gasteiger partial charge in [0.1, 0.15) is 0 Å². The van der Waals surface area contributed by atoms with Crippen LogP contribution < -0.4 is 31.9 Å². The van der Waals surface area contributed by atoms with Gasteiger partial charge >= 0.3 is 0 Å². The molecule has 48 heavy (non-hydrogen) atoms. The van der Waals surface area contributed by atoms with Crippen LogP contribution in [0.25, 0.3) is 0 Å². The molecule has 2 aliphatic heterocycles. The first-order chi connectivity index (χ1) is 23.6. The van der Waals surface area contributed by atoms with E-state index in [4.69, 9.17) is 20.0 Å². The highest BCUT2D eigenvalue weighted by atomic mass is 15.0. The van der Waals surface area contributed by atoms with E-state index in [0.717, 1.165) is 99.3 Å². The van der Waals surface area contributed by atoms with Gasteiger partial charge in [-0.25, -0.2) is 0 Å². The highest BCUT2D eigenvalue weighted by Crippen LogP contribution is 2.30. The maximum Gasteiger partial charge on any atom is 0.0652 e. The summed E-state index contributed by atoms with van der Waals surface area (Å²) in [6.07, 6.45) is 16.5. The number of aliphatic imine (C=N–C) groups is 2. The number of pyridine rings is 2. The molecule has 2 saturated carbocycles. The molecule has 2 aromatic rings. The molecule has 2 fully saturated rings. The Kier molecular flexibility index (Phi) is 12.8. The van der Waals surface area contributed by atoms with Crippen molar-refractivity contribution in [2.24, 2.45) is 15.9 Å². The molecule has 2 aliphatic carbocycles. The van der Waals surface area contributed by atoms with Gasteiger partial charge < -0.3 is 31.9 Å². The molecule has 0 aromatic carbocycles. The van der Waals surface area contributed by atoms with Crippen molar-refractivity contribution in [3.05, 3.63) is 83.2 Å². The van der Waals surface area contributed by atoms with E-state index in [9.17, 15) is 0 Å². The van der Waals surface area contributed by atoms with E-state index in [1.54, 1.807) is 0 Å². The molecular formula is C38H56N10. The molecule has 0 radical (unpaired) electrons. The zero-order valence-corrected chi connectivity index (χ0v) is 28.9. The summed E-state index contributed by atoms with van der Waals surface area (Å²) in [6, 6.07) is 14.4.